The van der Waals surface area contributed by atoms with Crippen LogP contribution in [0.3, 0.4) is 0 Å². The third-order valence-corrected chi connectivity index (χ3v) is 5.10. The normalized spacial score (nSPS) is 12.3. The lowest BCUT2D eigenvalue weighted by Gasteiger charge is -2.04. The molecule has 0 aliphatic rings. The number of hydrogen-bond donors (Lipinski definition) is 0. The van der Waals surface area contributed by atoms with Gasteiger partial charge in [0.1, 0.15) is 0 Å². The SMILES string of the molecule is Cc1cc(C)nc(SCCS(=O)Cc2ccccc2)n1. The first-order chi connectivity index (χ1) is 9.63. The lowest BCUT2D eigenvalue weighted by molar-refractivity contribution is 0.683. The van der Waals surface area contributed by atoms with Crippen LogP contribution in [-0.2, 0) is 16.6 Å². The van der Waals surface area contributed by atoms with Gasteiger partial charge in [0.15, 0.2) is 5.16 Å². The molecule has 1 heterocycles. The predicted molar refractivity (Wildman–Crippen MR) is 85.4 cm³/mol. The molecule has 0 fully saturated rings. The maximum absolute atomic E-state index is 12.0. The summed E-state index contributed by atoms with van der Waals surface area (Å²) in [5.41, 5.74) is 3.08. The van der Waals surface area contributed by atoms with Crippen molar-refractivity contribution in [3.05, 3.63) is 53.3 Å². The van der Waals surface area contributed by atoms with Crippen molar-refractivity contribution < 1.29 is 4.21 Å². The van der Waals surface area contributed by atoms with Crippen LogP contribution in [0.15, 0.2) is 41.6 Å². The zero-order chi connectivity index (χ0) is 14.4. The van der Waals surface area contributed by atoms with Crippen LogP contribution >= 0.6 is 11.8 Å². The lowest BCUT2D eigenvalue weighted by atomic mass is 10.2. The molecular weight excluding hydrogens is 288 g/mol. The van der Waals surface area contributed by atoms with Gasteiger partial charge in [-0.15, -0.1) is 0 Å². The highest BCUT2D eigenvalue weighted by Crippen LogP contribution is 2.14. The van der Waals surface area contributed by atoms with E-state index in [-0.39, 0.29) is 0 Å². The van der Waals surface area contributed by atoms with E-state index in [2.05, 4.69) is 9.97 Å². The first-order valence-electron chi connectivity index (χ1n) is 6.47. The number of rotatable bonds is 6. The van der Waals surface area contributed by atoms with Crippen molar-refractivity contribution in [3.8, 4) is 0 Å². The largest absolute Gasteiger partial charge is 0.259 e. The molecule has 0 radical (unpaired) electrons. The summed E-state index contributed by atoms with van der Waals surface area (Å²) in [5, 5.41) is 0.777. The number of benzene rings is 1. The van der Waals surface area contributed by atoms with Crippen molar-refractivity contribution >= 4 is 22.6 Å². The van der Waals surface area contributed by atoms with Crippen LogP contribution in [0.1, 0.15) is 17.0 Å². The standard InChI is InChI=1S/C15H18N2OS2/c1-12-10-13(2)17-15(16-12)19-8-9-20(18)11-14-6-4-3-5-7-14/h3-7,10H,8-9,11H2,1-2H3. The Bertz CT molecular complexity index is 567. The van der Waals surface area contributed by atoms with Crippen molar-refractivity contribution in [1.29, 1.82) is 0 Å². The molecule has 2 aromatic rings. The van der Waals surface area contributed by atoms with Gasteiger partial charge < -0.3 is 0 Å². The van der Waals surface area contributed by atoms with Crippen LogP contribution in [0.25, 0.3) is 0 Å². The quantitative estimate of drug-likeness (QED) is 0.607. The molecular formula is C15H18N2OS2. The van der Waals surface area contributed by atoms with Crippen LogP contribution in [0.4, 0.5) is 0 Å². The first kappa shape index (κ1) is 15.2. The van der Waals surface area contributed by atoms with Crippen LogP contribution in [0, 0.1) is 13.8 Å². The van der Waals surface area contributed by atoms with Gasteiger partial charge in [0.25, 0.3) is 0 Å². The molecule has 20 heavy (non-hydrogen) atoms. The minimum atomic E-state index is -0.832. The second-order valence-corrected chi connectivity index (χ2v) is 7.19. The molecule has 1 aromatic carbocycles. The fourth-order valence-corrected chi connectivity index (χ4v) is 4.20. The Morgan fingerprint density at radius 3 is 2.40 bits per heavy atom. The second kappa shape index (κ2) is 7.55. The van der Waals surface area contributed by atoms with E-state index in [1.54, 1.807) is 11.8 Å². The zero-order valence-corrected chi connectivity index (χ0v) is 13.3. The monoisotopic (exact) mass is 306 g/mol. The van der Waals surface area contributed by atoms with Crippen molar-refractivity contribution in [2.45, 2.75) is 24.8 Å². The zero-order valence-electron chi connectivity index (χ0n) is 11.7. The average molecular weight is 306 g/mol. The van der Waals surface area contributed by atoms with E-state index in [0.717, 1.165) is 27.9 Å². The Balaban J connectivity index is 1.79. The fraction of sp³-hybridized carbons (Fsp3) is 0.333. The Morgan fingerprint density at radius 2 is 1.75 bits per heavy atom. The summed E-state index contributed by atoms with van der Waals surface area (Å²) in [6.07, 6.45) is 0. The average Bonchev–Trinajstić information content (AvgIpc) is 2.38. The second-order valence-electron chi connectivity index (χ2n) is 4.56. The molecule has 0 saturated carbocycles. The molecule has 1 unspecified atom stereocenters. The summed E-state index contributed by atoms with van der Waals surface area (Å²) in [5.74, 6) is 2.06. The molecule has 1 aromatic heterocycles. The third-order valence-electron chi connectivity index (χ3n) is 2.67. The molecule has 5 heteroatoms. The number of nitrogens with zero attached hydrogens (tertiary/aromatic N) is 2. The van der Waals surface area contributed by atoms with Gasteiger partial charge >= 0.3 is 0 Å². The molecule has 0 aliphatic carbocycles. The van der Waals surface area contributed by atoms with E-state index in [4.69, 9.17) is 0 Å². The van der Waals surface area contributed by atoms with Gasteiger partial charge in [0, 0.05) is 39.4 Å². The van der Waals surface area contributed by atoms with Crippen LogP contribution in [0.2, 0.25) is 0 Å². The smallest absolute Gasteiger partial charge is 0.188 e. The highest BCUT2D eigenvalue weighted by Gasteiger charge is 2.04. The van der Waals surface area contributed by atoms with E-state index in [1.165, 1.54) is 0 Å². The van der Waals surface area contributed by atoms with Gasteiger partial charge in [0.2, 0.25) is 0 Å². The van der Waals surface area contributed by atoms with Crippen molar-refractivity contribution in [1.82, 2.24) is 9.97 Å². The fourth-order valence-electron chi connectivity index (χ4n) is 1.82. The predicted octanol–water partition coefficient (Wildman–Crippen LogP) is 3.13. The van der Waals surface area contributed by atoms with E-state index in [1.807, 2.05) is 50.2 Å². The molecule has 0 bridgehead atoms. The molecule has 0 amide bonds. The molecule has 0 N–H and O–H groups in total. The van der Waals surface area contributed by atoms with E-state index < -0.39 is 10.8 Å². The van der Waals surface area contributed by atoms with Gasteiger partial charge in [-0.05, 0) is 25.5 Å². The Hall–Kier alpha value is -1.20. The van der Waals surface area contributed by atoms with Gasteiger partial charge in [-0.25, -0.2) is 9.97 Å². The molecule has 106 valence electrons. The van der Waals surface area contributed by atoms with Crippen LogP contribution in [0.5, 0.6) is 0 Å². The Labute approximate surface area is 126 Å². The summed E-state index contributed by atoms with van der Waals surface area (Å²) in [6.45, 7) is 3.93. The topological polar surface area (TPSA) is 42.9 Å². The third kappa shape index (κ3) is 5.06. The molecule has 0 aliphatic heterocycles. The van der Waals surface area contributed by atoms with Crippen LogP contribution in [-0.4, -0.2) is 25.7 Å². The highest BCUT2D eigenvalue weighted by molar-refractivity contribution is 8.00. The highest BCUT2D eigenvalue weighted by atomic mass is 32.2. The van der Waals surface area contributed by atoms with Gasteiger partial charge in [0.05, 0.1) is 0 Å². The number of thioether (sulfide) groups is 1. The minimum absolute atomic E-state index is 0.620. The summed E-state index contributed by atoms with van der Waals surface area (Å²) in [7, 11) is -0.832. The molecule has 1 atom stereocenters. The molecule has 2 rings (SSSR count). The molecule has 0 saturated heterocycles. The van der Waals surface area contributed by atoms with E-state index in [9.17, 15) is 4.21 Å². The maximum Gasteiger partial charge on any atom is 0.188 e. The van der Waals surface area contributed by atoms with Crippen molar-refractivity contribution in [2.75, 3.05) is 11.5 Å². The summed E-state index contributed by atoms with van der Waals surface area (Å²) in [4.78, 5) is 8.74. The lowest BCUT2D eigenvalue weighted by Crippen LogP contribution is -2.04. The van der Waals surface area contributed by atoms with Gasteiger partial charge in [-0.1, -0.05) is 42.1 Å². The first-order valence-corrected chi connectivity index (χ1v) is 8.95. The summed E-state index contributed by atoms with van der Waals surface area (Å²) < 4.78 is 12.0. The number of hydrogen-bond acceptors (Lipinski definition) is 4. The Morgan fingerprint density at radius 1 is 1.10 bits per heavy atom. The minimum Gasteiger partial charge on any atom is -0.259 e. The van der Waals surface area contributed by atoms with E-state index >= 15 is 0 Å². The van der Waals surface area contributed by atoms with E-state index in [0.29, 0.717) is 11.5 Å². The maximum atomic E-state index is 12.0. The number of aryl methyl sites for hydroxylation is 2. The van der Waals surface area contributed by atoms with Crippen molar-refractivity contribution in [2.24, 2.45) is 0 Å². The molecule has 3 nitrogen and oxygen atoms in total. The summed E-state index contributed by atoms with van der Waals surface area (Å²) >= 11 is 1.57. The molecule has 0 spiro atoms. The van der Waals surface area contributed by atoms with Gasteiger partial charge in [-0.3, -0.25) is 4.21 Å². The van der Waals surface area contributed by atoms with Crippen molar-refractivity contribution in [3.63, 3.8) is 0 Å². The summed E-state index contributed by atoms with van der Waals surface area (Å²) in [6, 6.07) is 11.9. The van der Waals surface area contributed by atoms with Gasteiger partial charge in [-0.2, -0.15) is 0 Å². The number of aromatic nitrogens is 2. The van der Waals surface area contributed by atoms with Crippen LogP contribution < -0.4 is 0 Å². The Kier molecular flexibility index (Phi) is 5.73.